The van der Waals surface area contributed by atoms with Crippen molar-refractivity contribution in [3.8, 4) is 16.9 Å². The van der Waals surface area contributed by atoms with Crippen molar-refractivity contribution in [3.05, 3.63) is 48.2 Å². The van der Waals surface area contributed by atoms with Gasteiger partial charge in [0.1, 0.15) is 12.4 Å². The van der Waals surface area contributed by atoms with E-state index in [-0.39, 0.29) is 5.91 Å². The van der Waals surface area contributed by atoms with Gasteiger partial charge in [-0.25, -0.2) is 0 Å². The summed E-state index contributed by atoms with van der Waals surface area (Å²) in [6.07, 6.45) is 2.56. The van der Waals surface area contributed by atoms with E-state index in [1.165, 1.54) is 0 Å². The number of hydrogen-bond acceptors (Lipinski definition) is 3. The molecule has 1 amide bonds. The Morgan fingerprint density at radius 3 is 3.00 bits per heavy atom. The van der Waals surface area contributed by atoms with Crippen LogP contribution in [0.1, 0.15) is 18.9 Å². The minimum atomic E-state index is 0.163. The monoisotopic (exact) mass is 335 g/mol. The zero-order valence-electron chi connectivity index (χ0n) is 14.5. The number of amides is 1. The lowest BCUT2D eigenvalue weighted by atomic mass is 9.99. The standard InChI is InChI=1S/C20H21N3O2/c1-3-20(24)23-9-10-25-19-8-7-14(11-15(19)12-23)16-5-4-6-18-17(16)13-22(2)21-18/h4-8,11,13H,3,9-10,12H2,1-2H3. The molecule has 25 heavy (non-hydrogen) atoms. The molecule has 0 spiro atoms. The highest BCUT2D eigenvalue weighted by molar-refractivity contribution is 5.94. The van der Waals surface area contributed by atoms with Crippen molar-refractivity contribution in [1.82, 2.24) is 14.7 Å². The van der Waals surface area contributed by atoms with Gasteiger partial charge in [-0.05, 0) is 29.3 Å². The molecule has 1 aliphatic heterocycles. The van der Waals surface area contributed by atoms with Gasteiger partial charge in [0.05, 0.1) is 12.1 Å². The minimum Gasteiger partial charge on any atom is -0.491 e. The number of hydrogen-bond donors (Lipinski definition) is 0. The van der Waals surface area contributed by atoms with E-state index in [1.54, 1.807) is 0 Å². The molecule has 0 saturated carbocycles. The largest absolute Gasteiger partial charge is 0.491 e. The Hall–Kier alpha value is -2.82. The van der Waals surface area contributed by atoms with E-state index in [9.17, 15) is 4.79 Å². The van der Waals surface area contributed by atoms with Crippen LogP contribution in [-0.4, -0.2) is 33.7 Å². The smallest absolute Gasteiger partial charge is 0.222 e. The fraction of sp³-hybridized carbons (Fsp3) is 0.300. The predicted octanol–water partition coefficient (Wildman–Crippen LogP) is 3.37. The Bertz CT molecular complexity index is 945. The molecule has 0 unspecified atom stereocenters. The number of aromatic nitrogens is 2. The number of nitrogens with zero attached hydrogens (tertiary/aromatic N) is 3. The molecule has 4 rings (SSSR count). The molecular weight excluding hydrogens is 314 g/mol. The highest BCUT2D eigenvalue weighted by Gasteiger charge is 2.19. The summed E-state index contributed by atoms with van der Waals surface area (Å²) in [5.74, 6) is 1.03. The van der Waals surface area contributed by atoms with E-state index in [4.69, 9.17) is 4.74 Å². The summed E-state index contributed by atoms with van der Waals surface area (Å²) in [5.41, 5.74) is 4.30. The third-order valence-electron chi connectivity index (χ3n) is 4.67. The molecule has 0 N–H and O–H groups in total. The maximum absolute atomic E-state index is 12.1. The van der Waals surface area contributed by atoms with Crippen LogP contribution in [0.5, 0.6) is 5.75 Å². The molecule has 0 bridgehead atoms. The molecule has 0 atom stereocenters. The predicted molar refractivity (Wildman–Crippen MR) is 97.4 cm³/mol. The van der Waals surface area contributed by atoms with Crippen LogP contribution < -0.4 is 4.74 Å². The van der Waals surface area contributed by atoms with Crippen molar-refractivity contribution >= 4 is 16.8 Å². The van der Waals surface area contributed by atoms with E-state index in [1.807, 2.05) is 47.9 Å². The third kappa shape index (κ3) is 2.86. The van der Waals surface area contributed by atoms with Crippen LogP contribution in [0.2, 0.25) is 0 Å². The first-order chi connectivity index (χ1) is 12.2. The molecule has 2 aromatic carbocycles. The summed E-state index contributed by atoms with van der Waals surface area (Å²) < 4.78 is 7.68. The van der Waals surface area contributed by atoms with Crippen molar-refractivity contribution in [2.75, 3.05) is 13.2 Å². The molecular formula is C20H21N3O2. The molecule has 0 aliphatic carbocycles. The first-order valence-corrected chi connectivity index (χ1v) is 8.62. The quantitative estimate of drug-likeness (QED) is 0.721. The first-order valence-electron chi connectivity index (χ1n) is 8.62. The molecule has 2 heterocycles. The van der Waals surface area contributed by atoms with E-state index in [0.29, 0.717) is 26.1 Å². The van der Waals surface area contributed by atoms with Gasteiger partial charge < -0.3 is 9.64 Å². The van der Waals surface area contributed by atoms with Crippen molar-refractivity contribution < 1.29 is 9.53 Å². The lowest BCUT2D eigenvalue weighted by Crippen LogP contribution is -2.31. The summed E-state index contributed by atoms with van der Waals surface area (Å²) >= 11 is 0. The zero-order chi connectivity index (χ0) is 17.4. The fourth-order valence-corrected chi connectivity index (χ4v) is 3.41. The second-order valence-corrected chi connectivity index (χ2v) is 6.38. The molecule has 1 aliphatic rings. The number of fused-ring (bicyclic) bond motifs is 2. The lowest BCUT2D eigenvalue weighted by molar-refractivity contribution is -0.131. The van der Waals surface area contributed by atoms with Crippen molar-refractivity contribution in [1.29, 1.82) is 0 Å². The fourth-order valence-electron chi connectivity index (χ4n) is 3.41. The first kappa shape index (κ1) is 15.7. The van der Waals surface area contributed by atoms with Crippen LogP contribution in [0.25, 0.3) is 22.0 Å². The number of carbonyl (C=O) groups excluding carboxylic acids is 1. The van der Waals surface area contributed by atoms with E-state index < -0.39 is 0 Å². The molecule has 128 valence electrons. The van der Waals surface area contributed by atoms with Crippen LogP contribution in [0, 0.1) is 0 Å². The Balaban J connectivity index is 1.77. The molecule has 5 heteroatoms. The molecule has 5 nitrogen and oxygen atoms in total. The van der Waals surface area contributed by atoms with Gasteiger partial charge in [0, 0.05) is 37.2 Å². The SMILES string of the molecule is CCC(=O)N1CCOc2ccc(-c3cccc4nn(C)cc34)cc2C1. The Morgan fingerprint density at radius 1 is 1.28 bits per heavy atom. The summed E-state index contributed by atoms with van der Waals surface area (Å²) in [7, 11) is 1.93. The van der Waals surface area contributed by atoms with Gasteiger partial charge in [-0.1, -0.05) is 25.1 Å². The molecule has 0 fully saturated rings. The van der Waals surface area contributed by atoms with Gasteiger partial charge in [-0.3, -0.25) is 9.48 Å². The zero-order valence-corrected chi connectivity index (χ0v) is 14.5. The van der Waals surface area contributed by atoms with Crippen LogP contribution in [0.3, 0.4) is 0 Å². The van der Waals surface area contributed by atoms with Gasteiger partial charge in [0.25, 0.3) is 0 Å². The van der Waals surface area contributed by atoms with Crippen molar-refractivity contribution in [2.24, 2.45) is 7.05 Å². The van der Waals surface area contributed by atoms with Crippen molar-refractivity contribution in [3.63, 3.8) is 0 Å². The minimum absolute atomic E-state index is 0.163. The van der Waals surface area contributed by atoms with Gasteiger partial charge in [-0.2, -0.15) is 5.10 Å². The Kier molecular flexibility index (Phi) is 3.92. The van der Waals surface area contributed by atoms with Gasteiger partial charge >= 0.3 is 0 Å². The summed E-state index contributed by atoms with van der Waals surface area (Å²) in [6, 6.07) is 12.4. The van der Waals surface area contributed by atoms with E-state index >= 15 is 0 Å². The molecule has 1 aromatic heterocycles. The Morgan fingerprint density at radius 2 is 2.16 bits per heavy atom. The highest BCUT2D eigenvalue weighted by atomic mass is 16.5. The van der Waals surface area contributed by atoms with Crippen LogP contribution in [-0.2, 0) is 18.4 Å². The summed E-state index contributed by atoms with van der Waals surface area (Å²) in [4.78, 5) is 14.0. The van der Waals surface area contributed by atoms with Crippen LogP contribution in [0.4, 0.5) is 0 Å². The maximum atomic E-state index is 12.1. The highest BCUT2D eigenvalue weighted by Crippen LogP contribution is 2.33. The van der Waals surface area contributed by atoms with Crippen LogP contribution >= 0.6 is 0 Å². The van der Waals surface area contributed by atoms with Crippen LogP contribution in [0.15, 0.2) is 42.6 Å². The molecule has 0 saturated heterocycles. The molecule has 0 radical (unpaired) electrons. The van der Waals surface area contributed by atoms with Gasteiger partial charge in [0.15, 0.2) is 0 Å². The summed E-state index contributed by atoms with van der Waals surface area (Å²) in [5, 5.41) is 5.61. The normalized spacial score (nSPS) is 14.1. The number of ether oxygens (including phenoxy) is 1. The van der Waals surface area contributed by atoms with E-state index in [2.05, 4.69) is 23.3 Å². The van der Waals surface area contributed by atoms with Gasteiger partial charge in [-0.15, -0.1) is 0 Å². The van der Waals surface area contributed by atoms with Gasteiger partial charge in [0.2, 0.25) is 5.91 Å². The Labute approximate surface area is 146 Å². The lowest BCUT2D eigenvalue weighted by Gasteiger charge is -2.19. The topological polar surface area (TPSA) is 47.4 Å². The maximum Gasteiger partial charge on any atom is 0.222 e. The third-order valence-corrected chi connectivity index (χ3v) is 4.67. The number of aryl methyl sites for hydroxylation is 1. The number of carbonyl (C=O) groups is 1. The molecule has 3 aromatic rings. The number of rotatable bonds is 2. The summed E-state index contributed by atoms with van der Waals surface area (Å²) in [6.45, 7) is 3.67. The number of benzene rings is 2. The second-order valence-electron chi connectivity index (χ2n) is 6.38. The second kappa shape index (κ2) is 6.24. The average molecular weight is 335 g/mol. The van der Waals surface area contributed by atoms with E-state index in [0.717, 1.165) is 33.3 Å². The van der Waals surface area contributed by atoms with Crippen molar-refractivity contribution in [2.45, 2.75) is 19.9 Å². The average Bonchev–Trinajstić information content (AvgIpc) is 2.87.